The number of fused-ring (bicyclic) bond motifs is 4. The van der Waals surface area contributed by atoms with E-state index >= 15 is 0 Å². The third kappa shape index (κ3) is 4.35. The molecule has 2 fully saturated rings. The standard InChI is InChI=1S/C29H34N2O4/c1-19(2)35-22-11-9-21(10-12-22)25(32)7-3-5-23-24-6-4-14-31(24)28-17-29(28,30-23)16-20-8-13-26-27(15-20)34-18-33-26/h8-13,15,19,28,30H,3-7,14,16-18H2,1-2H3. The second-order valence-electron chi connectivity index (χ2n) is 10.6. The van der Waals surface area contributed by atoms with E-state index in [4.69, 9.17) is 14.2 Å². The molecule has 2 aromatic rings. The van der Waals surface area contributed by atoms with Gasteiger partial charge in [-0.1, -0.05) is 6.07 Å². The highest BCUT2D eigenvalue weighted by atomic mass is 16.7. The lowest BCUT2D eigenvalue weighted by Crippen LogP contribution is -2.46. The SMILES string of the molecule is CC(C)Oc1ccc(C(=O)CCCC2=C3CCCN3C3CC3(Cc3ccc4c(c3)OCO4)N2)cc1. The molecule has 1 saturated heterocycles. The number of carbonyl (C=O) groups is 1. The summed E-state index contributed by atoms with van der Waals surface area (Å²) in [5.41, 5.74) is 4.97. The first kappa shape index (κ1) is 22.3. The van der Waals surface area contributed by atoms with E-state index in [1.165, 1.54) is 23.4 Å². The number of ketones is 1. The van der Waals surface area contributed by atoms with Gasteiger partial charge in [0.25, 0.3) is 0 Å². The molecule has 0 spiro atoms. The second kappa shape index (κ2) is 8.81. The molecule has 0 bridgehead atoms. The molecule has 1 aliphatic carbocycles. The Hall–Kier alpha value is -3.15. The molecule has 1 N–H and O–H groups in total. The Bertz CT molecular complexity index is 1160. The molecule has 0 amide bonds. The summed E-state index contributed by atoms with van der Waals surface area (Å²) in [5, 5.41) is 3.97. The van der Waals surface area contributed by atoms with E-state index in [2.05, 4.69) is 22.3 Å². The summed E-state index contributed by atoms with van der Waals surface area (Å²) >= 11 is 0. The van der Waals surface area contributed by atoms with E-state index in [1.807, 2.05) is 44.2 Å². The van der Waals surface area contributed by atoms with Crippen LogP contribution >= 0.6 is 0 Å². The Kier molecular flexibility index (Phi) is 5.62. The van der Waals surface area contributed by atoms with Crippen molar-refractivity contribution in [3.63, 3.8) is 0 Å². The van der Waals surface area contributed by atoms with Crippen molar-refractivity contribution in [2.45, 2.75) is 76.5 Å². The molecule has 6 rings (SSSR count). The van der Waals surface area contributed by atoms with E-state index in [1.54, 1.807) is 0 Å². The first-order valence-electron chi connectivity index (χ1n) is 13.0. The highest BCUT2D eigenvalue weighted by Gasteiger charge is 2.60. The smallest absolute Gasteiger partial charge is 0.231 e. The van der Waals surface area contributed by atoms with Crippen LogP contribution in [-0.4, -0.2) is 41.7 Å². The Labute approximate surface area is 207 Å². The van der Waals surface area contributed by atoms with Crippen LogP contribution in [0.3, 0.4) is 0 Å². The molecule has 184 valence electrons. The summed E-state index contributed by atoms with van der Waals surface area (Å²) in [4.78, 5) is 15.5. The summed E-state index contributed by atoms with van der Waals surface area (Å²) in [6.45, 7) is 5.46. The Morgan fingerprint density at radius 1 is 1.17 bits per heavy atom. The fourth-order valence-corrected chi connectivity index (χ4v) is 5.98. The Morgan fingerprint density at radius 3 is 2.83 bits per heavy atom. The van der Waals surface area contributed by atoms with Crippen molar-refractivity contribution in [1.82, 2.24) is 10.2 Å². The van der Waals surface area contributed by atoms with Crippen LogP contribution in [0.2, 0.25) is 0 Å². The summed E-state index contributed by atoms with van der Waals surface area (Å²) in [7, 11) is 0. The lowest BCUT2D eigenvalue weighted by atomic mass is 9.98. The van der Waals surface area contributed by atoms with Gasteiger partial charge < -0.3 is 24.4 Å². The maximum atomic E-state index is 12.8. The molecule has 1 saturated carbocycles. The topological polar surface area (TPSA) is 60.0 Å². The Morgan fingerprint density at radius 2 is 2.00 bits per heavy atom. The molecule has 3 aliphatic heterocycles. The van der Waals surface area contributed by atoms with Gasteiger partial charge in [-0.15, -0.1) is 0 Å². The van der Waals surface area contributed by atoms with E-state index < -0.39 is 0 Å². The Balaban J connectivity index is 1.09. The van der Waals surface area contributed by atoms with Gasteiger partial charge in [-0.05, 0) is 94.3 Å². The predicted molar refractivity (Wildman–Crippen MR) is 134 cm³/mol. The van der Waals surface area contributed by atoms with Gasteiger partial charge in [-0.3, -0.25) is 4.79 Å². The maximum Gasteiger partial charge on any atom is 0.231 e. The molecular formula is C29H34N2O4. The second-order valence-corrected chi connectivity index (χ2v) is 10.6. The maximum absolute atomic E-state index is 12.8. The van der Waals surface area contributed by atoms with Crippen LogP contribution in [0.25, 0.3) is 0 Å². The highest BCUT2D eigenvalue weighted by molar-refractivity contribution is 5.96. The fourth-order valence-electron chi connectivity index (χ4n) is 5.98. The van der Waals surface area contributed by atoms with Crippen LogP contribution in [0.1, 0.15) is 68.3 Å². The monoisotopic (exact) mass is 474 g/mol. The average Bonchev–Trinajstić information content (AvgIpc) is 3.17. The molecule has 35 heavy (non-hydrogen) atoms. The molecule has 4 aliphatic rings. The minimum Gasteiger partial charge on any atom is -0.491 e. The van der Waals surface area contributed by atoms with Crippen LogP contribution in [0.5, 0.6) is 17.2 Å². The van der Waals surface area contributed by atoms with Crippen molar-refractivity contribution in [2.75, 3.05) is 13.3 Å². The predicted octanol–water partition coefficient (Wildman–Crippen LogP) is 5.22. The molecule has 0 radical (unpaired) electrons. The molecule has 0 aromatic heterocycles. The zero-order valence-electron chi connectivity index (χ0n) is 20.6. The van der Waals surface area contributed by atoms with Crippen LogP contribution in [0, 0.1) is 0 Å². The fraction of sp³-hybridized carbons (Fsp3) is 0.483. The number of nitrogens with one attached hydrogen (secondary N) is 1. The van der Waals surface area contributed by atoms with Crippen LogP contribution in [0.15, 0.2) is 53.9 Å². The summed E-state index contributed by atoms with van der Waals surface area (Å²) in [6, 6.07) is 14.4. The van der Waals surface area contributed by atoms with Crippen molar-refractivity contribution < 1.29 is 19.0 Å². The summed E-state index contributed by atoms with van der Waals surface area (Å²) in [5.74, 6) is 2.70. The van der Waals surface area contributed by atoms with Crippen LogP contribution in [0.4, 0.5) is 0 Å². The van der Waals surface area contributed by atoms with Gasteiger partial charge in [-0.25, -0.2) is 0 Å². The molecule has 3 heterocycles. The number of benzene rings is 2. The van der Waals surface area contributed by atoms with Crippen molar-refractivity contribution in [2.24, 2.45) is 0 Å². The molecule has 2 atom stereocenters. The summed E-state index contributed by atoms with van der Waals surface area (Å²) < 4.78 is 16.8. The zero-order chi connectivity index (χ0) is 24.0. The molecule has 2 unspecified atom stereocenters. The third-order valence-electron chi connectivity index (χ3n) is 7.65. The highest BCUT2D eigenvalue weighted by Crippen LogP contribution is 2.52. The van der Waals surface area contributed by atoms with E-state index in [0.717, 1.165) is 61.5 Å². The third-order valence-corrected chi connectivity index (χ3v) is 7.65. The number of hydrogen-bond donors (Lipinski definition) is 1. The number of nitrogens with zero attached hydrogens (tertiary/aromatic N) is 1. The normalized spacial score (nSPS) is 23.7. The van der Waals surface area contributed by atoms with E-state index in [-0.39, 0.29) is 17.4 Å². The van der Waals surface area contributed by atoms with Gasteiger partial charge in [-0.2, -0.15) is 0 Å². The number of hydrogen-bond acceptors (Lipinski definition) is 6. The number of Topliss-reactive ketones (excluding diaryl/α,β-unsaturated/α-hetero) is 1. The average molecular weight is 475 g/mol. The first-order valence-corrected chi connectivity index (χ1v) is 13.0. The van der Waals surface area contributed by atoms with Crippen LogP contribution in [-0.2, 0) is 6.42 Å². The van der Waals surface area contributed by atoms with Crippen molar-refractivity contribution in [3.8, 4) is 17.2 Å². The molecule has 6 heteroatoms. The minimum absolute atomic E-state index is 0.0904. The number of carbonyl (C=O) groups excluding carboxylic acids is 1. The number of ether oxygens (including phenoxy) is 3. The zero-order valence-corrected chi connectivity index (χ0v) is 20.6. The first-order chi connectivity index (χ1) is 17.0. The molecular weight excluding hydrogens is 440 g/mol. The van der Waals surface area contributed by atoms with Gasteiger partial charge in [0.05, 0.1) is 17.7 Å². The largest absolute Gasteiger partial charge is 0.491 e. The number of allylic oxidation sites excluding steroid dienone is 2. The lowest BCUT2D eigenvalue weighted by Gasteiger charge is -2.35. The van der Waals surface area contributed by atoms with Gasteiger partial charge in [0, 0.05) is 29.9 Å². The molecule has 2 aromatic carbocycles. The van der Waals surface area contributed by atoms with Gasteiger partial charge in [0.1, 0.15) is 5.75 Å². The van der Waals surface area contributed by atoms with Crippen molar-refractivity contribution in [3.05, 3.63) is 65.0 Å². The quantitative estimate of drug-likeness (QED) is 0.503. The van der Waals surface area contributed by atoms with Gasteiger partial charge in [0.2, 0.25) is 6.79 Å². The van der Waals surface area contributed by atoms with Crippen LogP contribution < -0.4 is 19.5 Å². The van der Waals surface area contributed by atoms with Crippen molar-refractivity contribution in [1.29, 1.82) is 0 Å². The summed E-state index contributed by atoms with van der Waals surface area (Å²) in [6.07, 6.45) is 6.97. The molecule has 6 nitrogen and oxygen atoms in total. The van der Waals surface area contributed by atoms with Crippen molar-refractivity contribution >= 4 is 5.78 Å². The lowest BCUT2D eigenvalue weighted by molar-refractivity contribution is 0.0979. The number of rotatable bonds is 9. The van der Waals surface area contributed by atoms with E-state index in [0.29, 0.717) is 19.3 Å². The minimum atomic E-state index is 0.0904. The van der Waals surface area contributed by atoms with E-state index in [9.17, 15) is 4.79 Å². The van der Waals surface area contributed by atoms with Gasteiger partial charge in [0.15, 0.2) is 17.3 Å². The van der Waals surface area contributed by atoms with Gasteiger partial charge >= 0.3 is 0 Å².